The highest BCUT2D eigenvalue weighted by Crippen LogP contribution is 2.26. The topological polar surface area (TPSA) is 67.2 Å². The van der Waals surface area contributed by atoms with E-state index in [0.717, 1.165) is 27.7 Å². The SMILES string of the molecule is CCOc1ccc(-c2cn3c(CC(=O)N4CCN(C(C)=O)CC4)csc3n2)cc1. The summed E-state index contributed by atoms with van der Waals surface area (Å²) in [6, 6.07) is 7.88. The Balaban J connectivity index is 1.46. The predicted molar refractivity (Wildman–Crippen MR) is 112 cm³/mol. The molecule has 0 aliphatic carbocycles. The van der Waals surface area contributed by atoms with E-state index in [1.54, 1.807) is 11.8 Å². The summed E-state index contributed by atoms with van der Waals surface area (Å²) in [4.78, 5) is 33.4. The number of piperazine rings is 1. The summed E-state index contributed by atoms with van der Waals surface area (Å²) in [7, 11) is 0. The molecule has 0 radical (unpaired) electrons. The Morgan fingerprint density at radius 2 is 1.79 bits per heavy atom. The average Bonchev–Trinajstić information content (AvgIpc) is 3.31. The van der Waals surface area contributed by atoms with Gasteiger partial charge < -0.3 is 14.5 Å². The third-order valence-electron chi connectivity index (χ3n) is 5.15. The van der Waals surface area contributed by atoms with Crippen LogP contribution < -0.4 is 4.74 Å². The molecule has 29 heavy (non-hydrogen) atoms. The molecule has 2 amide bonds. The van der Waals surface area contributed by atoms with Crippen LogP contribution in [-0.2, 0) is 16.0 Å². The fourth-order valence-corrected chi connectivity index (χ4v) is 4.39. The van der Waals surface area contributed by atoms with Crippen molar-refractivity contribution in [2.45, 2.75) is 20.3 Å². The highest BCUT2D eigenvalue weighted by Gasteiger charge is 2.23. The molecule has 0 bridgehead atoms. The van der Waals surface area contributed by atoms with Crippen molar-refractivity contribution in [3.8, 4) is 17.0 Å². The number of hydrogen-bond donors (Lipinski definition) is 0. The zero-order valence-electron chi connectivity index (χ0n) is 16.6. The van der Waals surface area contributed by atoms with Gasteiger partial charge in [-0.15, -0.1) is 11.3 Å². The van der Waals surface area contributed by atoms with Crippen molar-refractivity contribution in [3.05, 3.63) is 41.5 Å². The molecule has 1 aromatic carbocycles. The maximum atomic E-state index is 12.7. The molecule has 7 nitrogen and oxygen atoms in total. The first kappa shape index (κ1) is 19.4. The minimum Gasteiger partial charge on any atom is -0.494 e. The normalized spacial score (nSPS) is 14.4. The molecule has 1 fully saturated rings. The lowest BCUT2D eigenvalue weighted by Crippen LogP contribution is -2.50. The van der Waals surface area contributed by atoms with E-state index in [4.69, 9.17) is 9.72 Å². The molecule has 0 saturated carbocycles. The van der Waals surface area contributed by atoms with Gasteiger partial charge in [-0.3, -0.25) is 14.0 Å². The number of rotatable bonds is 5. The van der Waals surface area contributed by atoms with E-state index in [2.05, 4.69) is 0 Å². The second-order valence-electron chi connectivity index (χ2n) is 7.03. The molecule has 1 saturated heterocycles. The van der Waals surface area contributed by atoms with Crippen LogP contribution in [0.2, 0.25) is 0 Å². The Morgan fingerprint density at radius 3 is 2.45 bits per heavy atom. The summed E-state index contributed by atoms with van der Waals surface area (Å²) >= 11 is 1.54. The molecular formula is C21H24N4O3S. The number of carbonyl (C=O) groups excluding carboxylic acids is 2. The van der Waals surface area contributed by atoms with Gasteiger partial charge in [-0.2, -0.15) is 0 Å². The number of thiazole rings is 1. The summed E-state index contributed by atoms with van der Waals surface area (Å²) in [6.07, 6.45) is 2.32. The Labute approximate surface area is 173 Å². The Bertz CT molecular complexity index is 1020. The number of benzene rings is 1. The molecule has 8 heteroatoms. The fourth-order valence-electron chi connectivity index (χ4n) is 3.52. The first-order chi connectivity index (χ1) is 14.0. The van der Waals surface area contributed by atoms with Crippen LogP contribution >= 0.6 is 11.3 Å². The van der Waals surface area contributed by atoms with Gasteiger partial charge in [-0.1, -0.05) is 0 Å². The molecule has 3 heterocycles. The number of carbonyl (C=O) groups is 2. The van der Waals surface area contributed by atoms with Crippen molar-refractivity contribution in [2.75, 3.05) is 32.8 Å². The molecule has 152 valence electrons. The van der Waals surface area contributed by atoms with Crippen molar-refractivity contribution < 1.29 is 14.3 Å². The zero-order chi connectivity index (χ0) is 20.4. The van der Waals surface area contributed by atoms with Crippen LogP contribution in [0.3, 0.4) is 0 Å². The molecule has 2 aromatic heterocycles. The van der Waals surface area contributed by atoms with Crippen LogP contribution in [0.4, 0.5) is 0 Å². The van der Waals surface area contributed by atoms with Gasteiger partial charge in [0.05, 0.1) is 18.7 Å². The number of nitrogens with zero attached hydrogens (tertiary/aromatic N) is 4. The summed E-state index contributed by atoms with van der Waals surface area (Å²) in [5.41, 5.74) is 2.83. The molecular weight excluding hydrogens is 388 g/mol. The third kappa shape index (κ3) is 4.12. The van der Waals surface area contributed by atoms with Gasteiger partial charge in [0.2, 0.25) is 11.8 Å². The second-order valence-corrected chi connectivity index (χ2v) is 7.86. The average molecular weight is 413 g/mol. The van der Waals surface area contributed by atoms with Gasteiger partial charge in [0.1, 0.15) is 5.75 Å². The predicted octanol–water partition coefficient (Wildman–Crippen LogP) is 2.69. The molecule has 3 aromatic rings. The van der Waals surface area contributed by atoms with Crippen molar-refractivity contribution >= 4 is 28.1 Å². The maximum absolute atomic E-state index is 12.7. The smallest absolute Gasteiger partial charge is 0.228 e. The second kappa shape index (κ2) is 8.24. The van der Waals surface area contributed by atoms with E-state index in [-0.39, 0.29) is 11.8 Å². The van der Waals surface area contributed by atoms with E-state index in [1.807, 2.05) is 52.1 Å². The van der Waals surface area contributed by atoms with Gasteiger partial charge in [0, 0.05) is 55.9 Å². The molecule has 1 aliphatic heterocycles. The van der Waals surface area contributed by atoms with Gasteiger partial charge in [-0.05, 0) is 31.2 Å². The number of ether oxygens (including phenoxy) is 1. The summed E-state index contributed by atoms with van der Waals surface area (Å²) in [5.74, 6) is 0.995. The first-order valence-corrected chi connectivity index (χ1v) is 10.6. The van der Waals surface area contributed by atoms with E-state index < -0.39 is 0 Å². The largest absolute Gasteiger partial charge is 0.494 e. The lowest BCUT2D eigenvalue weighted by atomic mass is 10.1. The maximum Gasteiger partial charge on any atom is 0.228 e. The molecule has 1 aliphatic rings. The number of amides is 2. The van der Waals surface area contributed by atoms with Crippen LogP contribution in [0, 0.1) is 0 Å². The van der Waals surface area contributed by atoms with Crippen molar-refractivity contribution in [1.29, 1.82) is 0 Å². The standard InChI is InChI=1S/C21H24N4O3S/c1-3-28-18-6-4-16(5-7-18)19-13-25-17(14-29-21(25)22-19)12-20(27)24-10-8-23(9-11-24)15(2)26/h4-7,13-14H,3,8-12H2,1-2H3. The van der Waals surface area contributed by atoms with E-state index in [0.29, 0.717) is 39.2 Å². The highest BCUT2D eigenvalue weighted by molar-refractivity contribution is 7.15. The fraction of sp³-hybridized carbons (Fsp3) is 0.381. The lowest BCUT2D eigenvalue weighted by Gasteiger charge is -2.34. The van der Waals surface area contributed by atoms with Gasteiger partial charge in [-0.25, -0.2) is 4.98 Å². The number of hydrogen-bond acceptors (Lipinski definition) is 5. The molecule has 0 unspecified atom stereocenters. The van der Waals surface area contributed by atoms with Crippen molar-refractivity contribution in [3.63, 3.8) is 0 Å². The van der Waals surface area contributed by atoms with Crippen LogP contribution in [0.15, 0.2) is 35.8 Å². The van der Waals surface area contributed by atoms with Crippen LogP contribution in [0.1, 0.15) is 19.5 Å². The van der Waals surface area contributed by atoms with Gasteiger partial charge >= 0.3 is 0 Å². The Morgan fingerprint density at radius 1 is 1.10 bits per heavy atom. The minimum absolute atomic E-state index is 0.0666. The summed E-state index contributed by atoms with van der Waals surface area (Å²) in [5, 5.41) is 1.99. The minimum atomic E-state index is 0.0666. The summed E-state index contributed by atoms with van der Waals surface area (Å²) < 4.78 is 7.49. The first-order valence-electron chi connectivity index (χ1n) is 9.77. The van der Waals surface area contributed by atoms with Crippen LogP contribution in [0.25, 0.3) is 16.2 Å². The monoisotopic (exact) mass is 412 g/mol. The third-order valence-corrected chi connectivity index (χ3v) is 6.04. The summed E-state index contributed by atoms with van der Waals surface area (Å²) in [6.45, 7) is 6.56. The highest BCUT2D eigenvalue weighted by atomic mass is 32.1. The number of imidazole rings is 1. The molecule has 4 rings (SSSR count). The van der Waals surface area contributed by atoms with Gasteiger partial charge in [0.15, 0.2) is 4.96 Å². The molecule has 0 atom stereocenters. The van der Waals surface area contributed by atoms with Crippen LogP contribution in [-0.4, -0.2) is 63.8 Å². The quantitative estimate of drug-likeness (QED) is 0.646. The Hall–Kier alpha value is -2.87. The van der Waals surface area contributed by atoms with E-state index in [9.17, 15) is 9.59 Å². The van der Waals surface area contributed by atoms with Gasteiger partial charge in [0.25, 0.3) is 0 Å². The van der Waals surface area contributed by atoms with Crippen LogP contribution in [0.5, 0.6) is 5.75 Å². The lowest BCUT2D eigenvalue weighted by molar-refractivity contribution is -0.138. The number of fused-ring (bicyclic) bond motifs is 1. The van der Waals surface area contributed by atoms with E-state index >= 15 is 0 Å². The molecule has 0 spiro atoms. The zero-order valence-corrected chi connectivity index (χ0v) is 17.4. The Kier molecular flexibility index (Phi) is 5.53. The van der Waals surface area contributed by atoms with Crippen molar-refractivity contribution in [2.24, 2.45) is 0 Å². The van der Waals surface area contributed by atoms with E-state index in [1.165, 1.54) is 11.3 Å². The van der Waals surface area contributed by atoms with Crippen molar-refractivity contribution in [1.82, 2.24) is 19.2 Å². The number of aromatic nitrogens is 2. The molecule has 0 N–H and O–H groups in total.